The molecule has 0 atom stereocenters. The van der Waals surface area contributed by atoms with Gasteiger partial charge in [-0.15, -0.1) is 0 Å². The molecule has 0 amide bonds. The van der Waals surface area contributed by atoms with E-state index in [1.165, 1.54) is 6.07 Å². The summed E-state index contributed by atoms with van der Waals surface area (Å²) in [5.74, 6) is -4.37. The van der Waals surface area contributed by atoms with E-state index in [0.29, 0.717) is 21.1 Å². The van der Waals surface area contributed by atoms with E-state index < -0.39 is 28.8 Å². The second-order valence-electron chi connectivity index (χ2n) is 3.70. The predicted octanol–water partition coefficient (Wildman–Crippen LogP) is 4.86. The van der Waals surface area contributed by atoms with E-state index in [9.17, 15) is 18.0 Å². The molecular formula is C13H5Br2F3O. The van der Waals surface area contributed by atoms with Crippen molar-refractivity contribution < 1.29 is 18.0 Å². The van der Waals surface area contributed by atoms with Gasteiger partial charge in [-0.2, -0.15) is 0 Å². The topological polar surface area (TPSA) is 17.1 Å². The molecule has 0 aliphatic heterocycles. The molecule has 0 aromatic heterocycles. The Morgan fingerprint density at radius 3 is 2.05 bits per heavy atom. The second-order valence-corrected chi connectivity index (χ2v) is 5.47. The Kier molecular flexibility index (Phi) is 4.10. The molecule has 0 aliphatic rings. The normalized spacial score (nSPS) is 10.6. The van der Waals surface area contributed by atoms with Crippen LogP contribution in [0.4, 0.5) is 13.2 Å². The Labute approximate surface area is 123 Å². The molecule has 0 aliphatic carbocycles. The summed E-state index contributed by atoms with van der Waals surface area (Å²) in [6.45, 7) is 0. The van der Waals surface area contributed by atoms with E-state index >= 15 is 0 Å². The maximum absolute atomic E-state index is 13.5. The molecule has 2 rings (SSSR count). The fourth-order valence-corrected chi connectivity index (χ4v) is 2.79. The van der Waals surface area contributed by atoms with Crippen molar-refractivity contribution in [3.63, 3.8) is 0 Å². The molecule has 2 aromatic carbocycles. The van der Waals surface area contributed by atoms with Crippen molar-refractivity contribution in [3.05, 3.63) is 67.9 Å². The lowest BCUT2D eigenvalue weighted by Crippen LogP contribution is -2.09. The zero-order chi connectivity index (χ0) is 14.2. The minimum absolute atomic E-state index is 0.0904. The number of carbonyl (C=O) groups is 1. The Morgan fingerprint density at radius 1 is 0.947 bits per heavy atom. The van der Waals surface area contributed by atoms with Crippen molar-refractivity contribution in [3.8, 4) is 0 Å². The summed E-state index contributed by atoms with van der Waals surface area (Å²) in [4.78, 5) is 12.1. The van der Waals surface area contributed by atoms with Crippen LogP contribution in [-0.4, -0.2) is 5.78 Å². The highest BCUT2D eigenvalue weighted by Crippen LogP contribution is 2.26. The number of halogens is 5. The number of hydrogen-bond donors (Lipinski definition) is 0. The summed E-state index contributed by atoms with van der Waals surface area (Å²) < 4.78 is 41.0. The lowest BCUT2D eigenvalue weighted by Gasteiger charge is -2.07. The van der Waals surface area contributed by atoms with E-state index in [0.717, 1.165) is 0 Å². The maximum Gasteiger partial charge on any atom is 0.200 e. The van der Waals surface area contributed by atoms with E-state index in [4.69, 9.17) is 0 Å². The first-order chi connectivity index (χ1) is 8.90. The lowest BCUT2D eigenvalue weighted by atomic mass is 10.0. The van der Waals surface area contributed by atoms with Crippen LogP contribution >= 0.6 is 31.9 Å². The molecule has 0 heterocycles. The van der Waals surface area contributed by atoms with Gasteiger partial charge in [-0.05, 0) is 34.1 Å². The van der Waals surface area contributed by atoms with Gasteiger partial charge in [0.25, 0.3) is 0 Å². The Hall–Kier alpha value is -1.14. The summed E-state index contributed by atoms with van der Waals surface area (Å²) in [5, 5.41) is 0. The van der Waals surface area contributed by atoms with Gasteiger partial charge in [-0.25, -0.2) is 13.2 Å². The molecule has 98 valence electrons. The Bertz CT molecular complexity index is 648. The molecule has 0 bridgehead atoms. The minimum atomic E-state index is -1.22. The van der Waals surface area contributed by atoms with E-state index in [2.05, 4.69) is 31.9 Å². The van der Waals surface area contributed by atoms with E-state index in [1.54, 1.807) is 12.1 Å². The molecule has 0 radical (unpaired) electrons. The fourth-order valence-electron chi connectivity index (χ4n) is 1.57. The molecule has 0 N–H and O–H groups in total. The molecule has 0 unspecified atom stereocenters. The third-order valence-electron chi connectivity index (χ3n) is 2.41. The van der Waals surface area contributed by atoms with Gasteiger partial charge >= 0.3 is 0 Å². The predicted molar refractivity (Wildman–Crippen MR) is 71.6 cm³/mol. The van der Waals surface area contributed by atoms with Gasteiger partial charge in [0, 0.05) is 26.6 Å². The average Bonchev–Trinajstić information content (AvgIpc) is 2.26. The molecule has 0 spiro atoms. The third-order valence-corrected chi connectivity index (χ3v) is 3.56. The molecule has 0 saturated carbocycles. The smallest absolute Gasteiger partial charge is 0.200 e. The number of benzene rings is 2. The van der Waals surface area contributed by atoms with Crippen molar-refractivity contribution in [2.45, 2.75) is 0 Å². The van der Waals surface area contributed by atoms with Crippen LogP contribution in [0.3, 0.4) is 0 Å². The van der Waals surface area contributed by atoms with E-state index in [-0.39, 0.29) is 5.56 Å². The highest BCUT2D eigenvalue weighted by atomic mass is 79.9. The highest BCUT2D eigenvalue weighted by Gasteiger charge is 2.22. The highest BCUT2D eigenvalue weighted by molar-refractivity contribution is 9.11. The zero-order valence-corrected chi connectivity index (χ0v) is 12.4. The quantitative estimate of drug-likeness (QED) is 0.666. The first-order valence-corrected chi connectivity index (χ1v) is 6.63. The van der Waals surface area contributed by atoms with Crippen LogP contribution in [0.5, 0.6) is 0 Å². The van der Waals surface area contributed by atoms with Crippen LogP contribution in [0.2, 0.25) is 0 Å². The van der Waals surface area contributed by atoms with Crippen LogP contribution in [0.15, 0.2) is 39.3 Å². The van der Waals surface area contributed by atoms with Gasteiger partial charge in [0.15, 0.2) is 5.78 Å². The van der Waals surface area contributed by atoms with Crippen LogP contribution in [0, 0.1) is 17.5 Å². The number of ketones is 1. The average molecular weight is 394 g/mol. The van der Waals surface area contributed by atoms with Gasteiger partial charge in [-0.1, -0.05) is 15.9 Å². The van der Waals surface area contributed by atoms with Crippen molar-refractivity contribution in [2.75, 3.05) is 0 Å². The molecule has 0 saturated heterocycles. The molecule has 6 heteroatoms. The first kappa shape index (κ1) is 14.3. The molecule has 1 nitrogen and oxygen atoms in total. The molecule has 0 fully saturated rings. The molecular weight excluding hydrogens is 389 g/mol. The van der Waals surface area contributed by atoms with Gasteiger partial charge in [0.05, 0.1) is 5.56 Å². The van der Waals surface area contributed by atoms with Crippen LogP contribution in [0.1, 0.15) is 15.9 Å². The summed E-state index contributed by atoms with van der Waals surface area (Å²) >= 11 is 6.34. The second kappa shape index (κ2) is 5.46. The third kappa shape index (κ3) is 2.90. The standard InChI is InChI=1S/C13H5Br2F3O/c14-6-1-2-8(9(15)3-6)13(19)12-10(17)4-7(16)5-11(12)18/h1-5H. The van der Waals surface area contributed by atoms with Crippen LogP contribution in [-0.2, 0) is 0 Å². The largest absolute Gasteiger partial charge is 0.288 e. The van der Waals surface area contributed by atoms with Crippen LogP contribution in [0.25, 0.3) is 0 Å². The van der Waals surface area contributed by atoms with Crippen molar-refractivity contribution in [1.82, 2.24) is 0 Å². The van der Waals surface area contributed by atoms with Crippen molar-refractivity contribution in [2.24, 2.45) is 0 Å². The first-order valence-electron chi connectivity index (χ1n) is 5.04. The van der Waals surface area contributed by atoms with Gasteiger partial charge in [-0.3, -0.25) is 4.79 Å². The van der Waals surface area contributed by atoms with Gasteiger partial charge in [0.2, 0.25) is 0 Å². The number of carbonyl (C=O) groups excluding carboxylic acids is 1. The summed E-state index contributed by atoms with van der Waals surface area (Å²) in [5.41, 5.74) is -0.683. The summed E-state index contributed by atoms with van der Waals surface area (Å²) in [6.07, 6.45) is 0. The molecule has 2 aromatic rings. The number of hydrogen-bond acceptors (Lipinski definition) is 1. The van der Waals surface area contributed by atoms with E-state index in [1.807, 2.05) is 0 Å². The molecule has 19 heavy (non-hydrogen) atoms. The van der Waals surface area contributed by atoms with Crippen LogP contribution < -0.4 is 0 Å². The summed E-state index contributed by atoms with van der Waals surface area (Å²) in [7, 11) is 0. The SMILES string of the molecule is O=C(c1ccc(Br)cc1Br)c1c(F)cc(F)cc1F. The van der Waals surface area contributed by atoms with Crippen molar-refractivity contribution in [1.29, 1.82) is 0 Å². The summed E-state index contributed by atoms with van der Waals surface area (Å²) in [6, 6.07) is 5.51. The van der Waals surface area contributed by atoms with Gasteiger partial charge < -0.3 is 0 Å². The van der Waals surface area contributed by atoms with Crippen molar-refractivity contribution >= 4 is 37.6 Å². The Morgan fingerprint density at radius 2 is 1.53 bits per heavy atom. The zero-order valence-electron chi connectivity index (χ0n) is 9.18. The number of rotatable bonds is 2. The van der Waals surface area contributed by atoms with Gasteiger partial charge in [0.1, 0.15) is 17.5 Å². The minimum Gasteiger partial charge on any atom is -0.288 e. The fraction of sp³-hybridized carbons (Fsp3) is 0. The monoisotopic (exact) mass is 392 g/mol. The Balaban J connectivity index is 2.56. The lowest BCUT2D eigenvalue weighted by molar-refractivity contribution is 0.103. The maximum atomic E-state index is 13.5.